The monoisotopic (exact) mass is 292 g/mol. The molecule has 9 nitrogen and oxygen atoms in total. The Hall–Kier alpha value is -1.52. The van der Waals surface area contributed by atoms with Gasteiger partial charge in [0.15, 0.2) is 0 Å². The Bertz CT molecular complexity index is 378. The van der Waals surface area contributed by atoms with Crippen molar-refractivity contribution in [3.8, 4) is 0 Å². The Labute approximate surface area is 114 Å². The van der Waals surface area contributed by atoms with Gasteiger partial charge < -0.3 is 34.6 Å². The molecule has 20 heavy (non-hydrogen) atoms. The Morgan fingerprint density at radius 3 is 2.25 bits per heavy atom. The number of methoxy groups -OCH3 is 1. The van der Waals surface area contributed by atoms with Gasteiger partial charge in [-0.05, 0) is 0 Å². The highest BCUT2D eigenvalue weighted by Crippen LogP contribution is 2.22. The highest BCUT2D eigenvalue weighted by atomic mass is 16.7. The van der Waals surface area contributed by atoms with Gasteiger partial charge in [0.2, 0.25) is 6.29 Å². The lowest BCUT2D eigenvalue weighted by atomic mass is 9.99. The average molecular weight is 292 g/mol. The van der Waals surface area contributed by atoms with Crippen molar-refractivity contribution < 1.29 is 44.2 Å². The summed E-state index contributed by atoms with van der Waals surface area (Å²) in [6.07, 6.45) is -6.11. The molecule has 9 heteroatoms. The zero-order valence-corrected chi connectivity index (χ0v) is 10.6. The maximum Gasteiger partial charge on any atom is 0.333 e. The Balaban J connectivity index is 2.64. The number of ether oxygens (including phenoxy) is 3. The zero-order valence-electron chi connectivity index (χ0n) is 10.6. The van der Waals surface area contributed by atoms with Crippen molar-refractivity contribution in [3.63, 3.8) is 0 Å². The van der Waals surface area contributed by atoms with Crippen molar-refractivity contribution >= 4 is 11.9 Å². The fraction of sp³-hybridized carbons (Fsp3) is 0.636. The molecule has 1 aliphatic rings. The highest BCUT2D eigenvalue weighted by Gasteiger charge is 2.45. The van der Waals surface area contributed by atoms with E-state index in [0.717, 1.165) is 19.3 Å². The van der Waals surface area contributed by atoms with E-state index < -0.39 is 49.3 Å². The second kappa shape index (κ2) is 7.31. The summed E-state index contributed by atoms with van der Waals surface area (Å²) in [5.41, 5.74) is 0. The molecule has 0 amide bonds. The molecule has 0 saturated carbocycles. The molecule has 114 valence electrons. The molecule has 0 aromatic rings. The van der Waals surface area contributed by atoms with E-state index >= 15 is 0 Å². The van der Waals surface area contributed by atoms with Crippen LogP contribution in [0, 0.1) is 0 Å². The maximum absolute atomic E-state index is 11.3. The standard InChI is InChI=1S/C11H16O9/c1-18-6(13)2-3-7(14)20-11-10(17)9(16)8(15)5(4-12)19-11/h2-3,5,8-12,15-17H,4H2,1H3/b3-2+/t5-,8-,9+,10-,11?/m1/s1. The summed E-state index contributed by atoms with van der Waals surface area (Å²) in [7, 11) is 1.12. The van der Waals surface area contributed by atoms with Crippen molar-refractivity contribution in [2.24, 2.45) is 0 Å². The van der Waals surface area contributed by atoms with Crippen molar-refractivity contribution in [1.82, 2.24) is 0 Å². The third-order valence-electron chi connectivity index (χ3n) is 2.64. The van der Waals surface area contributed by atoms with E-state index in [0.29, 0.717) is 0 Å². The zero-order chi connectivity index (χ0) is 15.3. The van der Waals surface area contributed by atoms with E-state index in [1.807, 2.05) is 0 Å². The minimum atomic E-state index is -1.69. The Morgan fingerprint density at radius 2 is 1.70 bits per heavy atom. The predicted molar refractivity (Wildman–Crippen MR) is 61.0 cm³/mol. The lowest BCUT2D eigenvalue weighted by Crippen LogP contribution is -2.59. The molecule has 1 fully saturated rings. The molecule has 5 atom stereocenters. The van der Waals surface area contributed by atoms with E-state index in [2.05, 4.69) is 9.47 Å². The van der Waals surface area contributed by atoms with Crippen molar-refractivity contribution in [2.45, 2.75) is 30.7 Å². The smallest absolute Gasteiger partial charge is 0.333 e. The van der Waals surface area contributed by atoms with Gasteiger partial charge in [0.05, 0.1) is 13.7 Å². The van der Waals surface area contributed by atoms with Crippen LogP contribution in [0.2, 0.25) is 0 Å². The summed E-state index contributed by atoms with van der Waals surface area (Å²) < 4.78 is 13.8. The highest BCUT2D eigenvalue weighted by molar-refractivity contribution is 5.91. The van der Waals surface area contributed by atoms with E-state index in [1.54, 1.807) is 0 Å². The van der Waals surface area contributed by atoms with Crippen LogP contribution in [0.5, 0.6) is 0 Å². The van der Waals surface area contributed by atoms with Crippen molar-refractivity contribution in [1.29, 1.82) is 0 Å². The van der Waals surface area contributed by atoms with Gasteiger partial charge in [-0.15, -0.1) is 0 Å². The van der Waals surface area contributed by atoms with Crippen LogP contribution < -0.4 is 0 Å². The molecule has 0 aromatic heterocycles. The molecule has 0 spiro atoms. The van der Waals surface area contributed by atoms with E-state index in [9.17, 15) is 24.9 Å². The quantitative estimate of drug-likeness (QED) is 0.316. The first-order valence-electron chi connectivity index (χ1n) is 5.67. The van der Waals surface area contributed by atoms with E-state index in [4.69, 9.17) is 9.84 Å². The maximum atomic E-state index is 11.3. The van der Waals surface area contributed by atoms with Gasteiger partial charge >= 0.3 is 11.9 Å². The molecule has 1 unspecified atom stereocenters. The fourth-order valence-corrected chi connectivity index (χ4v) is 1.52. The summed E-state index contributed by atoms with van der Waals surface area (Å²) >= 11 is 0. The van der Waals surface area contributed by atoms with Gasteiger partial charge in [-0.2, -0.15) is 0 Å². The molecule has 1 saturated heterocycles. The van der Waals surface area contributed by atoms with Crippen LogP contribution in [0.25, 0.3) is 0 Å². The number of carbonyl (C=O) groups is 2. The van der Waals surface area contributed by atoms with Gasteiger partial charge in [-0.3, -0.25) is 0 Å². The van der Waals surface area contributed by atoms with Gasteiger partial charge in [0.25, 0.3) is 0 Å². The van der Waals surface area contributed by atoms with Gasteiger partial charge in [0, 0.05) is 12.2 Å². The number of carbonyl (C=O) groups excluding carboxylic acids is 2. The first kappa shape index (κ1) is 16.5. The fourth-order valence-electron chi connectivity index (χ4n) is 1.52. The number of aliphatic hydroxyl groups is 4. The van der Waals surface area contributed by atoms with Crippen molar-refractivity contribution in [2.75, 3.05) is 13.7 Å². The molecule has 1 aliphatic heterocycles. The van der Waals surface area contributed by atoms with Gasteiger partial charge in [0.1, 0.15) is 24.4 Å². The summed E-state index contributed by atoms with van der Waals surface area (Å²) in [5, 5.41) is 37.5. The average Bonchev–Trinajstić information content (AvgIpc) is 2.45. The molecule has 0 bridgehead atoms. The molecule has 0 aliphatic carbocycles. The minimum absolute atomic E-state index is 0.642. The number of hydrogen-bond acceptors (Lipinski definition) is 9. The molecule has 1 heterocycles. The van der Waals surface area contributed by atoms with Crippen LogP contribution in [0.4, 0.5) is 0 Å². The molecule has 4 N–H and O–H groups in total. The van der Waals surface area contributed by atoms with E-state index in [-0.39, 0.29) is 0 Å². The van der Waals surface area contributed by atoms with Crippen LogP contribution in [0.3, 0.4) is 0 Å². The lowest BCUT2D eigenvalue weighted by molar-refractivity contribution is -0.291. The topological polar surface area (TPSA) is 143 Å². The van der Waals surface area contributed by atoms with E-state index in [1.165, 1.54) is 0 Å². The Kier molecular flexibility index (Phi) is 6.05. The van der Waals surface area contributed by atoms with Crippen LogP contribution in [-0.2, 0) is 23.8 Å². The minimum Gasteiger partial charge on any atom is -0.466 e. The summed E-state index contributed by atoms with van der Waals surface area (Å²) in [6.45, 7) is -0.642. The third-order valence-corrected chi connectivity index (χ3v) is 2.64. The SMILES string of the molecule is COC(=O)/C=C/C(=O)OC1O[C@H](CO)[C@@H](O)[C@H](O)[C@H]1O. The summed E-state index contributed by atoms with van der Waals surface area (Å²) in [6, 6.07) is 0. The first-order chi connectivity index (χ1) is 9.40. The second-order valence-electron chi connectivity index (χ2n) is 3.99. The van der Waals surface area contributed by atoms with Crippen LogP contribution in [-0.4, -0.2) is 76.8 Å². The Morgan fingerprint density at radius 1 is 1.10 bits per heavy atom. The number of rotatable bonds is 4. The lowest BCUT2D eigenvalue weighted by Gasteiger charge is -2.38. The summed E-state index contributed by atoms with van der Waals surface area (Å²) in [5.74, 6) is -1.81. The van der Waals surface area contributed by atoms with Crippen LogP contribution >= 0.6 is 0 Å². The number of aliphatic hydroxyl groups excluding tert-OH is 4. The normalized spacial score (nSPS) is 34.0. The van der Waals surface area contributed by atoms with Gasteiger partial charge in [-0.1, -0.05) is 0 Å². The largest absolute Gasteiger partial charge is 0.466 e. The third kappa shape index (κ3) is 3.99. The molecule has 0 radical (unpaired) electrons. The second-order valence-corrected chi connectivity index (χ2v) is 3.99. The first-order valence-corrected chi connectivity index (χ1v) is 5.67. The number of hydrogen-bond donors (Lipinski definition) is 4. The summed E-state index contributed by atoms with van der Waals surface area (Å²) in [4.78, 5) is 22.1. The van der Waals surface area contributed by atoms with Crippen LogP contribution in [0.1, 0.15) is 0 Å². The predicted octanol–water partition coefficient (Wildman–Crippen LogP) is -2.94. The molecule has 1 rings (SSSR count). The molecular formula is C11H16O9. The van der Waals surface area contributed by atoms with Crippen LogP contribution in [0.15, 0.2) is 12.2 Å². The van der Waals surface area contributed by atoms with Gasteiger partial charge in [-0.25, -0.2) is 9.59 Å². The molecule has 0 aromatic carbocycles. The van der Waals surface area contributed by atoms with Crippen molar-refractivity contribution in [3.05, 3.63) is 12.2 Å². The molecular weight excluding hydrogens is 276 g/mol. The number of esters is 2.